The van der Waals surface area contributed by atoms with Crippen LogP contribution in [0.25, 0.3) is 0 Å². The van der Waals surface area contributed by atoms with Gasteiger partial charge in [-0.15, -0.1) is 0 Å². The van der Waals surface area contributed by atoms with Gasteiger partial charge in [-0.05, 0) is 43.4 Å². The summed E-state index contributed by atoms with van der Waals surface area (Å²) < 4.78 is 16.0. The molecular weight excluding hydrogens is 336 g/mol. The van der Waals surface area contributed by atoms with Crippen LogP contribution in [0.5, 0.6) is 17.2 Å². The predicted molar refractivity (Wildman–Crippen MR) is 99.0 cm³/mol. The molecule has 1 aromatic carbocycles. The molecule has 7 heteroatoms. The lowest BCUT2D eigenvalue weighted by Crippen LogP contribution is -2.49. The van der Waals surface area contributed by atoms with Crippen molar-refractivity contribution in [1.29, 1.82) is 0 Å². The maximum atomic E-state index is 11.9. The third kappa shape index (κ3) is 4.60. The van der Waals surface area contributed by atoms with Gasteiger partial charge in [0.05, 0.1) is 27.4 Å². The summed E-state index contributed by atoms with van der Waals surface area (Å²) in [6, 6.07) is 3.10. The molecule has 0 saturated carbocycles. The van der Waals surface area contributed by atoms with Crippen LogP contribution in [0.15, 0.2) is 24.3 Å². The second-order valence-electron chi connectivity index (χ2n) is 6.30. The minimum absolute atomic E-state index is 0.196. The average molecular weight is 364 g/mol. The summed E-state index contributed by atoms with van der Waals surface area (Å²) in [4.78, 5) is 13.4. The normalized spacial score (nSPS) is 20.0. The summed E-state index contributed by atoms with van der Waals surface area (Å²) in [6.45, 7) is 0.203. The number of amides is 1. The van der Waals surface area contributed by atoms with Gasteiger partial charge in [-0.25, -0.2) is 4.79 Å². The Morgan fingerprint density at radius 1 is 1.12 bits per heavy atom. The van der Waals surface area contributed by atoms with E-state index in [2.05, 4.69) is 12.2 Å². The van der Waals surface area contributed by atoms with E-state index in [1.54, 1.807) is 12.1 Å². The van der Waals surface area contributed by atoms with Crippen molar-refractivity contribution in [2.75, 3.05) is 21.3 Å². The summed E-state index contributed by atoms with van der Waals surface area (Å²) >= 11 is 0. The van der Waals surface area contributed by atoms with Crippen molar-refractivity contribution in [2.24, 2.45) is 5.73 Å². The molecule has 0 bridgehead atoms. The second-order valence-corrected chi connectivity index (χ2v) is 6.30. The van der Waals surface area contributed by atoms with Crippen molar-refractivity contribution in [2.45, 2.75) is 44.3 Å². The number of rotatable bonds is 6. The summed E-state index contributed by atoms with van der Waals surface area (Å²) in [6.07, 6.45) is 6.38. The summed E-state index contributed by atoms with van der Waals surface area (Å²) in [5, 5.41) is 9.79. The van der Waals surface area contributed by atoms with Crippen molar-refractivity contribution < 1.29 is 24.1 Å². The Kier molecular flexibility index (Phi) is 7.15. The van der Waals surface area contributed by atoms with Crippen molar-refractivity contribution in [3.05, 3.63) is 29.8 Å². The van der Waals surface area contributed by atoms with Crippen LogP contribution in [0.3, 0.4) is 0 Å². The zero-order chi connectivity index (χ0) is 19.1. The number of hydrogen-bond donors (Lipinski definition) is 2. The number of carbonyl (C=O) groups is 1. The Morgan fingerprint density at radius 2 is 1.69 bits per heavy atom. The Labute approximate surface area is 154 Å². The molecule has 0 aromatic heterocycles. The quantitative estimate of drug-likeness (QED) is 0.754. The van der Waals surface area contributed by atoms with Gasteiger partial charge in [-0.3, -0.25) is 4.90 Å². The van der Waals surface area contributed by atoms with E-state index in [4.69, 9.17) is 19.9 Å². The molecule has 0 saturated heterocycles. The first-order chi connectivity index (χ1) is 12.5. The van der Waals surface area contributed by atoms with Crippen LogP contribution in [-0.2, 0) is 6.54 Å². The molecule has 2 unspecified atom stereocenters. The molecule has 26 heavy (non-hydrogen) atoms. The highest BCUT2D eigenvalue weighted by atomic mass is 16.5. The van der Waals surface area contributed by atoms with E-state index in [9.17, 15) is 9.90 Å². The zero-order valence-electron chi connectivity index (χ0n) is 15.6. The SMILES string of the molecule is COc1cc(CN(C(=O)O)C2CCC=CCCC2N)cc(OC)c1OC. The molecule has 1 amide bonds. The first kappa shape index (κ1) is 19.9. The largest absolute Gasteiger partial charge is 0.493 e. The van der Waals surface area contributed by atoms with Gasteiger partial charge in [0.2, 0.25) is 5.75 Å². The molecule has 0 radical (unpaired) electrons. The summed E-state index contributed by atoms with van der Waals surface area (Å²) in [7, 11) is 4.60. The van der Waals surface area contributed by atoms with E-state index in [0.717, 1.165) is 24.8 Å². The van der Waals surface area contributed by atoms with E-state index < -0.39 is 6.09 Å². The Hall–Kier alpha value is -2.41. The molecule has 7 nitrogen and oxygen atoms in total. The average Bonchev–Trinajstić information content (AvgIpc) is 2.62. The van der Waals surface area contributed by atoms with Crippen LogP contribution in [0.4, 0.5) is 4.79 Å². The lowest BCUT2D eigenvalue weighted by Gasteiger charge is -2.34. The highest BCUT2D eigenvalue weighted by molar-refractivity contribution is 5.66. The van der Waals surface area contributed by atoms with Gasteiger partial charge in [-0.2, -0.15) is 0 Å². The van der Waals surface area contributed by atoms with E-state index >= 15 is 0 Å². The molecule has 0 aliphatic heterocycles. The third-order valence-corrected chi connectivity index (χ3v) is 4.68. The van der Waals surface area contributed by atoms with E-state index in [-0.39, 0.29) is 18.6 Å². The number of nitrogens with zero attached hydrogens (tertiary/aromatic N) is 1. The highest BCUT2D eigenvalue weighted by Gasteiger charge is 2.29. The van der Waals surface area contributed by atoms with Crippen molar-refractivity contribution in [3.63, 3.8) is 0 Å². The first-order valence-electron chi connectivity index (χ1n) is 8.70. The maximum absolute atomic E-state index is 11.9. The molecule has 0 heterocycles. The molecule has 1 aliphatic carbocycles. The topological polar surface area (TPSA) is 94.2 Å². The monoisotopic (exact) mass is 364 g/mol. The number of ether oxygens (including phenoxy) is 3. The smallest absolute Gasteiger partial charge is 0.407 e. The van der Waals surface area contributed by atoms with Gasteiger partial charge in [0.25, 0.3) is 0 Å². The molecule has 2 atom stereocenters. The molecule has 3 N–H and O–H groups in total. The van der Waals surface area contributed by atoms with Crippen molar-refractivity contribution in [3.8, 4) is 17.2 Å². The Morgan fingerprint density at radius 3 is 2.19 bits per heavy atom. The number of carboxylic acid groups (broad SMARTS) is 1. The number of hydrogen-bond acceptors (Lipinski definition) is 5. The van der Waals surface area contributed by atoms with Crippen molar-refractivity contribution >= 4 is 6.09 Å². The lowest BCUT2D eigenvalue weighted by atomic mass is 9.94. The lowest BCUT2D eigenvalue weighted by molar-refractivity contribution is 0.107. The number of nitrogens with two attached hydrogens (primary N) is 1. The number of methoxy groups -OCH3 is 3. The second kappa shape index (κ2) is 9.33. The van der Waals surface area contributed by atoms with Gasteiger partial charge >= 0.3 is 6.09 Å². The predicted octanol–water partition coefficient (Wildman–Crippen LogP) is 3.02. The molecular formula is C19H28N2O5. The number of allylic oxidation sites excluding steroid dienone is 2. The Bertz CT molecular complexity index is 622. The van der Waals surface area contributed by atoms with Crippen LogP contribution in [0.1, 0.15) is 31.2 Å². The fraction of sp³-hybridized carbons (Fsp3) is 0.526. The first-order valence-corrected chi connectivity index (χ1v) is 8.70. The van der Waals surface area contributed by atoms with Gasteiger partial charge in [0.1, 0.15) is 0 Å². The molecule has 1 aromatic rings. The molecule has 0 fully saturated rings. The van der Waals surface area contributed by atoms with E-state index in [1.165, 1.54) is 26.2 Å². The van der Waals surface area contributed by atoms with Crippen LogP contribution in [0.2, 0.25) is 0 Å². The van der Waals surface area contributed by atoms with Gasteiger partial charge < -0.3 is 25.1 Å². The Balaban J connectivity index is 2.32. The standard InChI is InChI=1S/C19H28N2O5/c1-24-16-10-13(11-17(25-2)18(16)26-3)12-21(19(22)23)15-9-7-5-4-6-8-14(15)20/h4-5,10-11,14-15H,6-9,12,20H2,1-3H3,(H,22,23). The minimum atomic E-state index is -0.983. The molecule has 2 rings (SSSR count). The molecule has 1 aliphatic rings. The molecule has 0 spiro atoms. The maximum Gasteiger partial charge on any atom is 0.407 e. The fourth-order valence-corrected chi connectivity index (χ4v) is 3.33. The van der Waals surface area contributed by atoms with E-state index in [0.29, 0.717) is 23.7 Å². The van der Waals surface area contributed by atoms with Crippen LogP contribution in [0, 0.1) is 0 Å². The highest BCUT2D eigenvalue weighted by Crippen LogP contribution is 2.38. The fourth-order valence-electron chi connectivity index (χ4n) is 3.33. The summed E-state index contributed by atoms with van der Waals surface area (Å²) in [5.74, 6) is 1.47. The van der Waals surface area contributed by atoms with Gasteiger partial charge in [0.15, 0.2) is 11.5 Å². The van der Waals surface area contributed by atoms with Gasteiger partial charge in [-0.1, -0.05) is 12.2 Å². The minimum Gasteiger partial charge on any atom is -0.493 e. The molecule has 144 valence electrons. The van der Waals surface area contributed by atoms with Crippen LogP contribution < -0.4 is 19.9 Å². The van der Waals surface area contributed by atoms with E-state index in [1.807, 2.05) is 0 Å². The van der Waals surface area contributed by atoms with Gasteiger partial charge in [0, 0.05) is 12.6 Å². The van der Waals surface area contributed by atoms with Crippen LogP contribution in [-0.4, -0.2) is 49.5 Å². The summed E-state index contributed by atoms with van der Waals surface area (Å²) in [5.41, 5.74) is 7.05. The third-order valence-electron chi connectivity index (χ3n) is 4.68. The number of benzene rings is 1. The zero-order valence-corrected chi connectivity index (χ0v) is 15.6. The van der Waals surface area contributed by atoms with Crippen molar-refractivity contribution in [1.82, 2.24) is 4.90 Å². The van der Waals surface area contributed by atoms with Crippen LogP contribution >= 0.6 is 0 Å².